The molecule has 0 amide bonds. The minimum atomic E-state index is -0.0637. The van der Waals surface area contributed by atoms with Crippen molar-refractivity contribution in [2.24, 2.45) is 0 Å². The molecule has 0 aliphatic heterocycles. The van der Waals surface area contributed by atoms with Crippen LogP contribution in [0.4, 0.5) is 0 Å². The number of hydrogen-bond donors (Lipinski definition) is 0. The van der Waals surface area contributed by atoms with Crippen molar-refractivity contribution >= 4 is 61.5 Å². The SMILES string of the molecule is CCC(C)Oc1ccc(PC(=O)c2c(Cl)cccc2Cl)cc1.[Li]. The van der Waals surface area contributed by atoms with Gasteiger partial charge in [0.15, 0.2) is 5.52 Å². The molecule has 0 saturated carbocycles. The summed E-state index contributed by atoms with van der Waals surface area (Å²) < 4.78 is 5.72. The van der Waals surface area contributed by atoms with Gasteiger partial charge in [-0.15, -0.1) is 0 Å². The molecule has 0 spiro atoms. The Bertz CT molecular complexity index is 642. The standard InChI is InChI=1S/C17H17Cl2O2P.Li/c1-3-11(2)21-12-7-9-13(10-8-12)22-17(20)16-14(18)5-4-6-15(16)19;/h4-11,22H,3H2,1-2H3;. The van der Waals surface area contributed by atoms with Crippen LogP contribution in [0.25, 0.3) is 0 Å². The first-order chi connectivity index (χ1) is 10.5. The van der Waals surface area contributed by atoms with Gasteiger partial charge in [-0.25, -0.2) is 0 Å². The minimum absolute atomic E-state index is 0. The normalized spacial score (nSPS) is 12.0. The van der Waals surface area contributed by atoms with Gasteiger partial charge in [0.1, 0.15) is 5.75 Å². The second-order valence-corrected chi connectivity index (χ2v) is 7.01. The summed E-state index contributed by atoms with van der Waals surface area (Å²) in [5, 5.41) is 1.71. The topological polar surface area (TPSA) is 26.3 Å². The third-order valence-corrected chi connectivity index (χ3v) is 4.94. The fourth-order valence-electron chi connectivity index (χ4n) is 1.84. The molecule has 6 heteroatoms. The van der Waals surface area contributed by atoms with E-state index >= 15 is 0 Å². The van der Waals surface area contributed by atoms with Crippen LogP contribution in [0.1, 0.15) is 30.6 Å². The number of halogens is 2. The largest absolute Gasteiger partial charge is 0.491 e. The Labute approximate surface area is 160 Å². The van der Waals surface area contributed by atoms with Crippen molar-refractivity contribution < 1.29 is 9.53 Å². The Morgan fingerprint density at radius 1 is 1.13 bits per heavy atom. The van der Waals surface area contributed by atoms with Gasteiger partial charge in [0.05, 0.1) is 21.7 Å². The van der Waals surface area contributed by atoms with Gasteiger partial charge in [-0.05, 0) is 51.5 Å². The number of benzene rings is 2. The Kier molecular flexibility index (Phi) is 8.70. The fraction of sp³-hybridized carbons (Fsp3) is 0.235. The van der Waals surface area contributed by atoms with Gasteiger partial charge in [0.2, 0.25) is 0 Å². The maximum atomic E-state index is 12.4. The number of ether oxygens (including phenoxy) is 1. The zero-order chi connectivity index (χ0) is 16.1. The molecule has 0 aliphatic rings. The summed E-state index contributed by atoms with van der Waals surface area (Å²) in [6.45, 7) is 4.10. The summed E-state index contributed by atoms with van der Waals surface area (Å²) in [6.07, 6.45) is 1.13. The molecule has 1 radical (unpaired) electrons. The quantitative estimate of drug-likeness (QED) is 0.538. The van der Waals surface area contributed by atoms with Crippen molar-refractivity contribution in [1.82, 2.24) is 0 Å². The van der Waals surface area contributed by atoms with Crippen molar-refractivity contribution in [1.29, 1.82) is 0 Å². The molecule has 0 aromatic heterocycles. The van der Waals surface area contributed by atoms with Crippen LogP contribution in [0.2, 0.25) is 10.0 Å². The molecule has 0 N–H and O–H groups in total. The summed E-state index contributed by atoms with van der Waals surface area (Å²) in [4.78, 5) is 12.4. The average molecular weight is 362 g/mol. The molecule has 0 bridgehead atoms. The third-order valence-electron chi connectivity index (χ3n) is 3.21. The number of rotatable bonds is 6. The van der Waals surface area contributed by atoms with Crippen LogP contribution < -0.4 is 10.0 Å². The fourth-order valence-corrected chi connectivity index (χ4v) is 3.56. The molecule has 2 nitrogen and oxygen atoms in total. The smallest absolute Gasteiger partial charge is 0.188 e. The summed E-state index contributed by atoms with van der Waals surface area (Å²) in [7, 11) is -0.0223. The molecule has 2 aromatic rings. The summed E-state index contributed by atoms with van der Waals surface area (Å²) in [6, 6.07) is 12.7. The van der Waals surface area contributed by atoms with E-state index in [0.29, 0.717) is 15.6 Å². The van der Waals surface area contributed by atoms with Crippen LogP contribution in [0.3, 0.4) is 0 Å². The molecule has 0 heterocycles. The number of carbonyl (C=O) groups excluding carboxylic acids is 1. The summed E-state index contributed by atoms with van der Waals surface area (Å²) in [5.41, 5.74) is 0.329. The molecule has 0 saturated heterocycles. The van der Waals surface area contributed by atoms with E-state index in [-0.39, 0.29) is 39.1 Å². The molecule has 2 atom stereocenters. The first-order valence-corrected chi connectivity index (χ1v) is 8.79. The van der Waals surface area contributed by atoms with Gasteiger partial charge in [-0.2, -0.15) is 0 Å². The van der Waals surface area contributed by atoms with E-state index in [1.807, 2.05) is 31.2 Å². The maximum Gasteiger partial charge on any atom is 0.188 e. The molecular weight excluding hydrogens is 345 g/mol. The van der Waals surface area contributed by atoms with E-state index in [1.165, 1.54) is 0 Å². The molecule has 2 rings (SSSR count). The van der Waals surface area contributed by atoms with Gasteiger partial charge >= 0.3 is 0 Å². The summed E-state index contributed by atoms with van der Waals surface area (Å²) in [5.74, 6) is 0.811. The Morgan fingerprint density at radius 3 is 2.22 bits per heavy atom. The number of hydrogen-bond acceptors (Lipinski definition) is 2. The molecular formula is C17H17Cl2LiO2P. The first kappa shape index (κ1) is 20.6. The molecule has 0 fully saturated rings. The van der Waals surface area contributed by atoms with E-state index in [4.69, 9.17) is 27.9 Å². The van der Waals surface area contributed by atoms with Crippen molar-refractivity contribution in [3.8, 4) is 5.75 Å². The van der Waals surface area contributed by atoms with E-state index in [2.05, 4.69) is 6.92 Å². The predicted molar refractivity (Wildman–Crippen MR) is 101 cm³/mol. The van der Waals surface area contributed by atoms with Crippen LogP contribution in [-0.4, -0.2) is 30.5 Å². The molecule has 0 aliphatic carbocycles. The van der Waals surface area contributed by atoms with Gasteiger partial charge in [-0.1, -0.05) is 48.3 Å². The van der Waals surface area contributed by atoms with Crippen molar-refractivity contribution in [3.05, 3.63) is 58.1 Å². The molecule has 23 heavy (non-hydrogen) atoms. The predicted octanol–water partition coefficient (Wildman–Crippen LogP) is 4.93. The van der Waals surface area contributed by atoms with Crippen LogP contribution in [-0.2, 0) is 0 Å². The number of carbonyl (C=O) groups is 1. The van der Waals surface area contributed by atoms with Crippen molar-refractivity contribution in [2.45, 2.75) is 26.4 Å². The van der Waals surface area contributed by atoms with Gasteiger partial charge in [0.25, 0.3) is 0 Å². The van der Waals surface area contributed by atoms with Gasteiger partial charge < -0.3 is 4.74 Å². The van der Waals surface area contributed by atoms with E-state index in [0.717, 1.165) is 17.5 Å². The second kappa shape index (κ2) is 9.73. The van der Waals surface area contributed by atoms with Gasteiger partial charge in [0, 0.05) is 18.9 Å². The molecule has 2 unspecified atom stereocenters. The van der Waals surface area contributed by atoms with Gasteiger partial charge in [-0.3, -0.25) is 4.79 Å². The molecule has 117 valence electrons. The zero-order valence-electron chi connectivity index (χ0n) is 13.4. The maximum absolute atomic E-state index is 12.4. The Hall–Kier alpha value is -0.483. The minimum Gasteiger partial charge on any atom is -0.491 e. The second-order valence-electron chi connectivity index (χ2n) is 4.91. The molecule has 2 aromatic carbocycles. The van der Waals surface area contributed by atoms with E-state index < -0.39 is 0 Å². The van der Waals surface area contributed by atoms with Crippen LogP contribution in [0.5, 0.6) is 5.75 Å². The van der Waals surface area contributed by atoms with Crippen molar-refractivity contribution in [2.75, 3.05) is 0 Å². The van der Waals surface area contributed by atoms with Crippen LogP contribution in [0.15, 0.2) is 42.5 Å². The van der Waals surface area contributed by atoms with E-state index in [9.17, 15) is 4.79 Å². The summed E-state index contributed by atoms with van der Waals surface area (Å²) >= 11 is 12.1. The first-order valence-electron chi connectivity index (χ1n) is 7.03. The monoisotopic (exact) mass is 361 g/mol. The zero-order valence-corrected chi connectivity index (χ0v) is 15.9. The van der Waals surface area contributed by atoms with Crippen molar-refractivity contribution in [3.63, 3.8) is 0 Å². The average Bonchev–Trinajstić information content (AvgIpc) is 2.49. The Morgan fingerprint density at radius 2 is 1.70 bits per heavy atom. The van der Waals surface area contributed by atoms with Crippen LogP contribution >= 0.6 is 31.8 Å². The van der Waals surface area contributed by atoms with Crippen LogP contribution in [0, 0.1) is 0 Å². The third kappa shape index (κ3) is 5.82. The Balaban J connectivity index is 0.00000264. The van der Waals surface area contributed by atoms with E-state index in [1.54, 1.807) is 18.2 Å².